The highest BCUT2D eigenvalue weighted by Gasteiger charge is 2.14. The molecular weight excluding hydrogens is 317 g/mol. The number of hydrogen-bond acceptors (Lipinski definition) is 4. The van der Waals surface area contributed by atoms with Crippen molar-refractivity contribution < 1.29 is 14.3 Å². The number of carbonyl (C=O) groups is 1. The van der Waals surface area contributed by atoms with E-state index in [1.54, 1.807) is 11.3 Å². The van der Waals surface area contributed by atoms with E-state index in [1.807, 2.05) is 13.1 Å². The van der Waals surface area contributed by atoms with Crippen molar-refractivity contribution in [3.05, 3.63) is 51.7 Å². The molecular formula is C16H20FN3O2S. The number of aliphatic hydroxyl groups is 1. The number of carbonyl (C=O) groups excluding carboxylic acids is 1. The third-order valence-corrected chi connectivity index (χ3v) is 4.67. The molecule has 0 saturated heterocycles. The molecule has 2 unspecified atom stereocenters. The normalized spacial score (nSPS) is 13.4. The Kier molecular flexibility index (Phi) is 6.06. The van der Waals surface area contributed by atoms with Crippen LogP contribution in [-0.4, -0.2) is 22.7 Å². The number of halogens is 1. The minimum atomic E-state index is -0.886. The van der Waals surface area contributed by atoms with E-state index in [2.05, 4.69) is 22.5 Å². The van der Waals surface area contributed by atoms with Gasteiger partial charge in [0, 0.05) is 17.6 Å². The van der Waals surface area contributed by atoms with E-state index >= 15 is 0 Å². The van der Waals surface area contributed by atoms with Crippen LogP contribution in [0.1, 0.15) is 41.4 Å². The molecule has 3 N–H and O–H groups in total. The molecule has 1 aromatic heterocycles. The average Bonchev–Trinajstić information content (AvgIpc) is 3.02. The van der Waals surface area contributed by atoms with Crippen molar-refractivity contribution in [2.45, 2.75) is 32.4 Å². The molecule has 0 bridgehead atoms. The van der Waals surface area contributed by atoms with Crippen molar-refractivity contribution in [3.8, 4) is 0 Å². The standard InChI is InChI=1S/C16H20FN3O2S/c1-3-13-8-18-15(23-13)10(2)20-16(22)19-9-14(21)11-4-6-12(17)7-5-11/h4-8,10,14,21H,3,9H2,1-2H3,(H2,19,20,22). The Labute approximate surface area is 138 Å². The van der Waals surface area contributed by atoms with Gasteiger partial charge in [-0.1, -0.05) is 19.1 Å². The van der Waals surface area contributed by atoms with Crippen LogP contribution in [0.5, 0.6) is 0 Å². The fraction of sp³-hybridized carbons (Fsp3) is 0.375. The van der Waals surface area contributed by atoms with Gasteiger partial charge in [0.2, 0.25) is 0 Å². The summed E-state index contributed by atoms with van der Waals surface area (Å²) < 4.78 is 12.8. The molecule has 23 heavy (non-hydrogen) atoms. The summed E-state index contributed by atoms with van der Waals surface area (Å²) >= 11 is 1.57. The first-order valence-electron chi connectivity index (χ1n) is 7.42. The Bertz CT molecular complexity index is 645. The zero-order valence-electron chi connectivity index (χ0n) is 13.0. The van der Waals surface area contributed by atoms with Crippen molar-refractivity contribution in [2.75, 3.05) is 6.54 Å². The second kappa shape index (κ2) is 8.03. The predicted octanol–water partition coefficient (Wildman–Crippen LogP) is 2.94. The van der Waals surface area contributed by atoms with Crippen LogP contribution in [-0.2, 0) is 6.42 Å². The number of hydrogen-bond donors (Lipinski definition) is 3. The summed E-state index contributed by atoms with van der Waals surface area (Å²) in [5.74, 6) is -0.365. The quantitative estimate of drug-likeness (QED) is 0.759. The largest absolute Gasteiger partial charge is 0.387 e. The summed E-state index contributed by atoms with van der Waals surface area (Å²) in [4.78, 5) is 17.3. The highest BCUT2D eigenvalue weighted by molar-refractivity contribution is 7.11. The lowest BCUT2D eigenvalue weighted by Gasteiger charge is -2.15. The summed E-state index contributed by atoms with van der Waals surface area (Å²) in [6.07, 6.45) is 1.85. The third-order valence-electron chi connectivity index (χ3n) is 3.35. The first-order valence-corrected chi connectivity index (χ1v) is 8.23. The lowest BCUT2D eigenvalue weighted by molar-refractivity contribution is 0.172. The van der Waals surface area contributed by atoms with E-state index in [0.29, 0.717) is 5.56 Å². The van der Waals surface area contributed by atoms with Crippen molar-refractivity contribution >= 4 is 17.4 Å². The van der Waals surface area contributed by atoms with Crippen LogP contribution in [0.15, 0.2) is 30.5 Å². The fourth-order valence-electron chi connectivity index (χ4n) is 1.99. The van der Waals surface area contributed by atoms with Crippen molar-refractivity contribution in [1.82, 2.24) is 15.6 Å². The fourth-order valence-corrected chi connectivity index (χ4v) is 2.85. The van der Waals surface area contributed by atoms with E-state index in [0.717, 1.165) is 11.4 Å². The van der Waals surface area contributed by atoms with Crippen LogP contribution >= 0.6 is 11.3 Å². The lowest BCUT2D eigenvalue weighted by Crippen LogP contribution is -2.39. The Hall–Kier alpha value is -1.99. The Morgan fingerprint density at radius 2 is 2.09 bits per heavy atom. The third kappa shape index (κ3) is 5.01. The number of benzene rings is 1. The highest BCUT2D eigenvalue weighted by atomic mass is 32.1. The number of aromatic nitrogens is 1. The zero-order chi connectivity index (χ0) is 16.8. The maximum absolute atomic E-state index is 12.8. The maximum Gasteiger partial charge on any atom is 0.315 e. The molecule has 5 nitrogen and oxygen atoms in total. The summed E-state index contributed by atoms with van der Waals surface area (Å²) in [7, 11) is 0. The lowest BCUT2D eigenvalue weighted by atomic mass is 10.1. The van der Waals surface area contributed by atoms with Gasteiger partial charge in [-0.05, 0) is 31.0 Å². The molecule has 7 heteroatoms. The molecule has 0 fully saturated rings. The van der Waals surface area contributed by atoms with Gasteiger partial charge >= 0.3 is 6.03 Å². The van der Waals surface area contributed by atoms with Gasteiger partial charge in [-0.15, -0.1) is 11.3 Å². The van der Waals surface area contributed by atoms with E-state index in [-0.39, 0.29) is 24.4 Å². The molecule has 0 saturated carbocycles. The van der Waals surface area contributed by atoms with Crippen LogP contribution in [0, 0.1) is 5.82 Å². The highest BCUT2D eigenvalue weighted by Crippen LogP contribution is 2.20. The molecule has 0 radical (unpaired) electrons. The minimum Gasteiger partial charge on any atom is -0.387 e. The van der Waals surface area contributed by atoms with E-state index in [4.69, 9.17) is 0 Å². The van der Waals surface area contributed by atoms with Gasteiger partial charge < -0.3 is 15.7 Å². The van der Waals surface area contributed by atoms with Crippen LogP contribution in [0.2, 0.25) is 0 Å². The first kappa shape index (κ1) is 17.4. The number of thiazole rings is 1. The second-order valence-electron chi connectivity index (χ2n) is 5.16. The molecule has 2 rings (SSSR count). The topological polar surface area (TPSA) is 74.2 Å². The van der Waals surface area contributed by atoms with Gasteiger partial charge in [0.25, 0.3) is 0 Å². The number of aliphatic hydroxyl groups excluding tert-OH is 1. The average molecular weight is 337 g/mol. The van der Waals surface area contributed by atoms with Crippen LogP contribution in [0.3, 0.4) is 0 Å². The zero-order valence-corrected chi connectivity index (χ0v) is 13.9. The molecule has 0 aliphatic heterocycles. The molecule has 2 aromatic rings. The Morgan fingerprint density at radius 1 is 1.39 bits per heavy atom. The number of amides is 2. The molecule has 124 valence electrons. The number of nitrogens with zero attached hydrogens (tertiary/aromatic N) is 1. The van der Waals surface area contributed by atoms with Crippen molar-refractivity contribution in [2.24, 2.45) is 0 Å². The van der Waals surface area contributed by atoms with E-state index in [1.165, 1.54) is 29.1 Å². The van der Waals surface area contributed by atoms with Gasteiger partial charge in [-0.25, -0.2) is 14.2 Å². The molecule has 0 spiro atoms. The van der Waals surface area contributed by atoms with Crippen LogP contribution in [0.25, 0.3) is 0 Å². The Balaban J connectivity index is 1.81. The molecule has 2 atom stereocenters. The molecule has 2 amide bonds. The SMILES string of the molecule is CCc1cnc(C(C)NC(=O)NCC(O)c2ccc(F)cc2)s1. The van der Waals surface area contributed by atoms with Gasteiger partial charge in [-0.2, -0.15) is 0 Å². The van der Waals surface area contributed by atoms with Gasteiger partial charge in [-0.3, -0.25) is 0 Å². The maximum atomic E-state index is 12.8. The van der Waals surface area contributed by atoms with Crippen LogP contribution < -0.4 is 10.6 Å². The first-order chi connectivity index (χ1) is 11.0. The van der Waals surface area contributed by atoms with Gasteiger partial charge in [0.15, 0.2) is 0 Å². The number of rotatable bonds is 6. The number of urea groups is 1. The van der Waals surface area contributed by atoms with Gasteiger partial charge in [0.1, 0.15) is 10.8 Å². The summed E-state index contributed by atoms with van der Waals surface area (Å²) in [6.45, 7) is 3.95. The van der Waals surface area contributed by atoms with Crippen molar-refractivity contribution in [1.29, 1.82) is 0 Å². The number of nitrogens with one attached hydrogen (secondary N) is 2. The predicted molar refractivity (Wildman–Crippen MR) is 87.8 cm³/mol. The molecule has 1 aromatic carbocycles. The summed E-state index contributed by atoms with van der Waals surface area (Å²) in [6, 6.07) is 4.94. The summed E-state index contributed by atoms with van der Waals surface area (Å²) in [5, 5.41) is 16.2. The minimum absolute atomic E-state index is 0.0439. The van der Waals surface area contributed by atoms with E-state index in [9.17, 15) is 14.3 Å². The van der Waals surface area contributed by atoms with Crippen molar-refractivity contribution in [3.63, 3.8) is 0 Å². The second-order valence-corrected chi connectivity index (χ2v) is 6.31. The molecule has 0 aliphatic carbocycles. The monoisotopic (exact) mass is 337 g/mol. The summed E-state index contributed by atoms with van der Waals surface area (Å²) in [5.41, 5.74) is 0.548. The van der Waals surface area contributed by atoms with E-state index < -0.39 is 6.10 Å². The van der Waals surface area contributed by atoms with Crippen LogP contribution in [0.4, 0.5) is 9.18 Å². The smallest absolute Gasteiger partial charge is 0.315 e. The molecule has 1 heterocycles. The Morgan fingerprint density at radius 3 is 2.70 bits per heavy atom. The van der Waals surface area contributed by atoms with Gasteiger partial charge in [0.05, 0.1) is 12.1 Å². The molecule has 0 aliphatic rings. The number of aryl methyl sites for hydroxylation is 1.